The number of nitrogens with one attached hydrogen (secondary N) is 4. The number of aromatic nitrogens is 2. The smallest absolute Gasteiger partial charge is 0.326 e. The van der Waals surface area contributed by atoms with Crippen molar-refractivity contribution in [1.82, 2.24) is 20.0 Å². The summed E-state index contributed by atoms with van der Waals surface area (Å²) in [6, 6.07) is 14.1. The van der Waals surface area contributed by atoms with Crippen LogP contribution in [0.2, 0.25) is 10.2 Å². The largest absolute Gasteiger partial charge is 0.384 e. The van der Waals surface area contributed by atoms with Gasteiger partial charge in [0.2, 0.25) is 0 Å². The first-order valence-electron chi connectivity index (χ1n) is 11.7. The summed E-state index contributed by atoms with van der Waals surface area (Å²) in [5, 5.41) is 7.75. The molecule has 4 amide bonds. The van der Waals surface area contributed by atoms with Crippen molar-refractivity contribution in [1.29, 1.82) is 0 Å². The lowest BCUT2D eigenvalue weighted by Crippen LogP contribution is -2.39. The van der Waals surface area contributed by atoms with Gasteiger partial charge in [-0.25, -0.2) is 9.20 Å². The highest BCUT2D eigenvalue weighted by Gasteiger charge is 2.29. The molecule has 10 nitrogen and oxygen atoms in total. The molecular formula is C26H24Cl2N6O4. The molecule has 38 heavy (non-hydrogen) atoms. The zero-order valence-electron chi connectivity index (χ0n) is 20.2. The molecule has 12 heteroatoms. The van der Waals surface area contributed by atoms with E-state index in [0.717, 1.165) is 17.2 Å². The third kappa shape index (κ3) is 5.36. The number of hydrogen-bond donors (Lipinski definition) is 5. The maximum absolute atomic E-state index is 13.5. The van der Waals surface area contributed by atoms with E-state index in [-0.39, 0.29) is 27.7 Å². The number of rotatable bonds is 7. The van der Waals surface area contributed by atoms with Crippen molar-refractivity contribution in [2.75, 3.05) is 17.6 Å². The van der Waals surface area contributed by atoms with Crippen molar-refractivity contribution in [3.8, 4) is 11.1 Å². The second-order valence-corrected chi connectivity index (χ2v) is 9.13. The molecule has 0 atom stereocenters. The van der Waals surface area contributed by atoms with Crippen molar-refractivity contribution in [3.63, 3.8) is 0 Å². The maximum Gasteiger partial charge on any atom is 0.326 e. The number of aromatic amines is 1. The Morgan fingerprint density at radius 2 is 1.66 bits per heavy atom. The summed E-state index contributed by atoms with van der Waals surface area (Å²) in [6.07, 6.45) is 1.61. The Balaban J connectivity index is 1.81. The van der Waals surface area contributed by atoms with Gasteiger partial charge in [0.25, 0.3) is 17.4 Å². The Morgan fingerprint density at radius 3 is 2.32 bits per heavy atom. The second kappa shape index (κ2) is 11.4. The Labute approximate surface area is 227 Å². The van der Waals surface area contributed by atoms with E-state index < -0.39 is 29.0 Å². The second-order valence-electron chi connectivity index (χ2n) is 8.33. The number of nitrogens with two attached hydrogens (primary N) is 1. The van der Waals surface area contributed by atoms with Crippen LogP contribution >= 0.6 is 23.2 Å². The molecule has 0 saturated heterocycles. The fourth-order valence-corrected chi connectivity index (χ4v) is 4.40. The summed E-state index contributed by atoms with van der Waals surface area (Å²) in [5.74, 6) is -1.87. The van der Waals surface area contributed by atoms with Gasteiger partial charge in [-0.2, -0.15) is 0 Å². The minimum atomic E-state index is -1.05. The molecule has 2 heterocycles. The van der Waals surface area contributed by atoms with Crippen molar-refractivity contribution in [2.24, 2.45) is 0 Å². The summed E-state index contributed by atoms with van der Waals surface area (Å²) in [4.78, 5) is 54.8. The van der Waals surface area contributed by atoms with Crippen LogP contribution in [-0.4, -0.2) is 33.8 Å². The molecule has 2 aromatic carbocycles. The number of halogens is 2. The fourth-order valence-electron chi connectivity index (χ4n) is 3.91. The lowest BCUT2D eigenvalue weighted by atomic mass is 10.0. The highest BCUT2D eigenvalue weighted by atomic mass is 35.5. The first-order valence-corrected chi connectivity index (χ1v) is 12.5. The number of benzene rings is 2. The van der Waals surface area contributed by atoms with Gasteiger partial charge >= 0.3 is 6.03 Å². The van der Waals surface area contributed by atoms with Gasteiger partial charge in [-0.1, -0.05) is 66.9 Å². The summed E-state index contributed by atoms with van der Waals surface area (Å²) < 4.78 is 0.987. The van der Waals surface area contributed by atoms with Crippen molar-refractivity contribution in [3.05, 3.63) is 86.3 Å². The molecule has 0 spiro atoms. The van der Waals surface area contributed by atoms with Gasteiger partial charge in [0.15, 0.2) is 0 Å². The third-order valence-corrected chi connectivity index (χ3v) is 6.32. The molecule has 2 aromatic heterocycles. The van der Waals surface area contributed by atoms with Crippen LogP contribution in [0.5, 0.6) is 0 Å². The molecule has 0 bridgehead atoms. The molecule has 4 aromatic rings. The number of H-pyrrole nitrogens is 1. The molecular weight excluding hydrogens is 531 g/mol. The van der Waals surface area contributed by atoms with Gasteiger partial charge in [-0.05, 0) is 36.2 Å². The quantitative estimate of drug-likeness (QED) is 0.210. The SMILES string of the molecule is CCCCNC(=O)c1c(-c2ccc(Cl)cc2)c(Cl)n2c(=O)c(C(=O)NC(=O)Nc3ccccc3)c(N)[nH]c12. The molecule has 0 unspecified atom stereocenters. The Bertz CT molecular complexity index is 1580. The first kappa shape index (κ1) is 26.8. The summed E-state index contributed by atoms with van der Waals surface area (Å²) in [5.41, 5.74) is 5.91. The van der Waals surface area contributed by atoms with Gasteiger partial charge in [0.1, 0.15) is 22.2 Å². The Hall–Kier alpha value is -4.28. The van der Waals surface area contributed by atoms with Gasteiger partial charge in [0, 0.05) is 22.8 Å². The number of hydrogen-bond acceptors (Lipinski definition) is 5. The molecule has 0 radical (unpaired) electrons. The number of nitrogen functional groups attached to an aromatic ring is 1. The predicted molar refractivity (Wildman–Crippen MR) is 148 cm³/mol. The topological polar surface area (TPSA) is 151 Å². The minimum absolute atomic E-state index is 0.00161. The van der Waals surface area contributed by atoms with Crippen molar-refractivity contribution < 1.29 is 14.4 Å². The van der Waals surface area contributed by atoms with Crippen LogP contribution in [-0.2, 0) is 0 Å². The lowest BCUT2D eigenvalue weighted by molar-refractivity contribution is 0.0951. The van der Waals surface area contributed by atoms with E-state index in [0.29, 0.717) is 22.8 Å². The van der Waals surface area contributed by atoms with E-state index in [1.807, 2.05) is 6.92 Å². The molecule has 4 rings (SSSR count). The zero-order valence-corrected chi connectivity index (χ0v) is 21.7. The van der Waals surface area contributed by atoms with E-state index in [9.17, 15) is 19.2 Å². The summed E-state index contributed by atoms with van der Waals surface area (Å²) in [6.45, 7) is 2.39. The number of carbonyl (C=O) groups excluding carboxylic acids is 3. The number of nitrogens with zero attached hydrogens (tertiary/aromatic N) is 1. The summed E-state index contributed by atoms with van der Waals surface area (Å²) in [7, 11) is 0. The number of fused-ring (bicyclic) bond motifs is 1. The number of imide groups is 1. The van der Waals surface area contributed by atoms with Gasteiger partial charge < -0.3 is 21.4 Å². The van der Waals surface area contributed by atoms with Crippen LogP contribution in [0, 0.1) is 0 Å². The molecule has 0 saturated carbocycles. The van der Waals surface area contributed by atoms with E-state index in [1.165, 1.54) is 0 Å². The van der Waals surface area contributed by atoms with Crippen LogP contribution < -0.4 is 27.2 Å². The van der Waals surface area contributed by atoms with Crippen molar-refractivity contribution >= 4 is 58.2 Å². The maximum atomic E-state index is 13.5. The fraction of sp³-hybridized carbons (Fsp3) is 0.154. The monoisotopic (exact) mass is 554 g/mol. The number of urea groups is 1. The number of para-hydroxylation sites is 1. The van der Waals surface area contributed by atoms with Crippen LogP contribution in [0.4, 0.5) is 16.3 Å². The van der Waals surface area contributed by atoms with E-state index >= 15 is 0 Å². The highest BCUT2D eigenvalue weighted by Crippen LogP contribution is 2.36. The lowest BCUT2D eigenvalue weighted by Gasteiger charge is -2.10. The van der Waals surface area contributed by atoms with Gasteiger partial charge in [0.05, 0.1) is 5.56 Å². The van der Waals surface area contributed by atoms with E-state index in [1.54, 1.807) is 54.6 Å². The normalized spacial score (nSPS) is 10.8. The van der Waals surface area contributed by atoms with Crippen LogP contribution in [0.25, 0.3) is 16.8 Å². The Kier molecular flexibility index (Phi) is 8.04. The molecule has 6 N–H and O–H groups in total. The van der Waals surface area contributed by atoms with Gasteiger partial charge in [-0.15, -0.1) is 0 Å². The minimum Gasteiger partial charge on any atom is -0.384 e. The van der Waals surface area contributed by atoms with Crippen LogP contribution in [0.15, 0.2) is 59.4 Å². The number of unbranched alkanes of at least 4 members (excludes halogenated alkanes) is 1. The molecule has 0 aliphatic carbocycles. The first-order chi connectivity index (χ1) is 18.2. The third-order valence-electron chi connectivity index (χ3n) is 5.71. The standard InChI is InChI=1S/C26H24Cl2N6O4/c1-2-3-13-30-23(35)18-17(14-9-11-15(27)12-10-14)20(28)34-22(18)32-21(29)19(25(34)37)24(36)33-26(38)31-16-7-5-4-6-8-16/h4-12,32H,2-3,13,29H2,1H3,(H,30,35)(H2,31,33,36,38). The molecule has 0 aliphatic heterocycles. The van der Waals surface area contributed by atoms with E-state index in [4.69, 9.17) is 28.9 Å². The molecule has 196 valence electrons. The van der Waals surface area contributed by atoms with Crippen LogP contribution in [0.1, 0.15) is 40.5 Å². The number of amides is 4. The Morgan fingerprint density at radius 1 is 0.974 bits per heavy atom. The zero-order chi connectivity index (χ0) is 27.4. The molecule has 0 fully saturated rings. The number of carbonyl (C=O) groups is 3. The molecule has 0 aliphatic rings. The van der Waals surface area contributed by atoms with E-state index in [2.05, 4.69) is 20.9 Å². The summed E-state index contributed by atoms with van der Waals surface area (Å²) >= 11 is 12.7. The van der Waals surface area contributed by atoms with Crippen molar-refractivity contribution in [2.45, 2.75) is 19.8 Å². The average molecular weight is 555 g/mol. The average Bonchev–Trinajstić information content (AvgIpc) is 3.17. The predicted octanol–water partition coefficient (Wildman–Crippen LogP) is 4.68. The van der Waals surface area contributed by atoms with Crippen LogP contribution in [0.3, 0.4) is 0 Å². The highest BCUT2D eigenvalue weighted by molar-refractivity contribution is 6.35. The van der Waals surface area contributed by atoms with Gasteiger partial charge in [-0.3, -0.25) is 19.7 Å². The number of anilines is 2.